The minimum absolute atomic E-state index is 0.0820. The summed E-state index contributed by atoms with van der Waals surface area (Å²) in [5, 5.41) is 10.9. The molecule has 7 heteroatoms. The number of hydrogen-bond acceptors (Lipinski definition) is 6. The van der Waals surface area contributed by atoms with E-state index in [1.165, 1.54) is 56.3 Å². The van der Waals surface area contributed by atoms with E-state index in [2.05, 4.69) is 6.92 Å². The van der Waals surface area contributed by atoms with E-state index in [0.29, 0.717) is 35.3 Å². The zero-order valence-electron chi connectivity index (χ0n) is 26.6. The van der Waals surface area contributed by atoms with Crippen LogP contribution >= 0.6 is 11.8 Å². The van der Waals surface area contributed by atoms with E-state index in [1.807, 2.05) is 33.8 Å². The Kier molecular flexibility index (Phi) is 11.5. The summed E-state index contributed by atoms with van der Waals surface area (Å²) >= 11 is 1.78. The highest BCUT2D eigenvalue weighted by molar-refractivity contribution is 7.99. The van der Waals surface area contributed by atoms with Crippen LogP contribution in [0.25, 0.3) is 0 Å². The number of imide groups is 1. The van der Waals surface area contributed by atoms with Crippen LogP contribution in [0.1, 0.15) is 122 Å². The fraction of sp³-hybridized carbons (Fsp3) is 0.743. The van der Waals surface area contributed by atoms with Crippen LogP contribution in [0, 0.1) is 30.6 Å². The summed E-state index contributed by atoms with van der Waals surface area (Å²) in [6.45, 7) is 10.6. The zero-order valence-corrected chi connectivity index (χ0v) is 27.4. The minimum atomic E-state index is -0.318. The molecule has 0 aromatic heterocycles. The smallest absolute Gasteiger partial charge is 0.306 e. The number of hydrogen-bond donors (Lipinski definition) is 1. The second-order valence-electron chi connectivity index (χ2n) is 13.9. The summed E-state index contributed by atoms with van der Waals surface area (Å²) in [6, 6.07) is 3.57. The predicted molar refractivity (Wildman–Crippen MR) is 171 cm³/mol. The van der Waals surface area contributed by atoms with Crippen LogP contribution in [0.4, 0.5) is 5.69 Å². The van der Waals surface area contributed by atoms with Gasteiger partial charge in [-0.2, -0.15) is 11.8 Å². The van der Waals surface area contributed by atoms with E-state index in [4.69, 9.17) is 4.74 Å². The number of phenolic OH excluding ortho intramolecular Hbond substituents is 1. The number of benzene rings is 1. The highest BCUT2D eigenvalue weighted by Gasteiger charge is 2.64. The van der Waals surface area contributed by atoms with Crippen molar-refractivity contribution in [1.29, 1.82) is 0 Å². The number of aryl methyl sites for hydroxylation is 1. The fourth-order valence-corrected chi connectivity index (χ4v) is 8.95. The molecule has 2 bridgehead atoms. The number of anilines is 1. The maximum Gasteiger partial charge on any atom is 0.306 e. The number of esters is 1. The average molecular weight is 600 g/mol. The fourth-order valence-electron chi connectivity index (χ4n) is 7.45. The highest BCUT2D eigenvalue weighted by Crippen LogP contribution is 2.59. The molecule has 3 aliphatic rings. The molecule has 42 heavy (non-hydrogen) atoms. The van der Waals surface area contributed by atoms with Gasteiger partial charge < -0.3 is 9.84 Å². The number of ether oxygens (including phenoxy) is 1. The lowest BCUT2D eigenvalue weighted by molar-refractivity contribution is -0.143. The first-order valence-electron chi connectivity index (χ1n) is 16.5. The third-order valence-electron chi connectivity index (χ3n) is 9.71. The predicted octanol–water partition coefficient (Wildman–Crippen LogP) is 8.10. The molecule has 0 spiro atoms. The van der Waals surface area contributed by atoms with Crippen LogP contribution in [0.15, 0.2) is 12.1 Å². The van der Waals surface area contributed by atoms with Crippen LogP contribution < -0.4 is 4.90 Å². The Morgan fingerprint density at radius 3 is 2.21 bits per heavy atom. The number of aromatic hydroxyl groups is 1. The highest BCUT2D eigenvalue weighted by atomic mass is 32.2. The van der Waals surface area contributed by atoms with E-state index in [1.54, 1.807) is 17.8 Å². The van der Waals surface area contributed by atoms with Crippen molar-refractivity contribution in [2.24, 2.45) is 23.7 Å². The van der Waals surface area contributed by atoms with E-state index in [-0.39, 0.29) is 52.6 Å². The van der Waals surface area contributed by atoms with E-state index < -0.39 is 0 Å². The van der Waals surface area contributed by atoms with Crippen molar-refractivity contribution < 1.29 is 24.2 Å². The number of carbonyl (C=O) groups excluding carboxylic acids is 3. The van der Waals surface area contributed by atoms with E-state index in [9.17, 15) is 19.5 Å². The van der Waals surface area contributed by atoms with Crippen molar-refractivity contribution >= 4 is 35.2 Å². The minimum Gasteiger partial charge on any atom is -0.507 e. The lowest BCUT2D eigenvalue weighted by Gasteiger charge is -2.28. The summed E-state index contributed by atoms with van der Waals surface area (Å²) in [5.41, 5.74) is 1.67. The van der Waals surface area contributed by atoms with Crippen LogP contribution in [-0.4, -0.2) is 40.5 Å². The maximum atomic E-state index is 13.7. The molecule has 1 aliphatic heterocycles. The first-order valence-corrected chi connectivity index (χ1v) is 17.6. The molecule has 1 aromatic rings. The number of unbranched alkanes of at least 4 members (excludes halogenated alkanes) is 9. The van der Waals surface area contributed by atoms with Crippen molar-refractivity contribution in [3.63, 3.8) is 0 Å². The normalized spacial score (nSPS) is 25.0. The molecule has 0 radical (unpaired) electrons. The molecule has 1 N–H and O–H groups in total. The molecule has 6 nitrogen and oxygen atoms in total. The van der Waals surface area contributed by atoms with Gasteiger partial charge in [0.05, 0.1) is 30.6 Å². The third kappa shape index (κ3) is 7.54. The maximum absolute atomic E-state index is 13.7. The molecule has 5 atom stereocenters. The summed E-state index contributed by atoms with van der Waals surface area (Å²) in [6.07, 6.45) is 14.8. The van der Waals surface area contributed by atoms with Crippen LogP contribution in [0.3, 0.4) is 0 Å². The first-order chi connectivity index (χ1) is 20.0. The summed E-state index contributed by atoms with van der Waals surface area (Å²) in [7, 11) is 0. The molecule has 3 fully saturated rings. The Morgan fingerprint density at radius 1 is 0.952 bits per heavy atom. The Bertz CT molecular complexity index is 1110. The first kappa shape index (κ1) is 32.9. The van der Waals surface area contributed by atoms with Gasteiger partial charge in [-0.15, -0.1) is 0 Å². The molecule has 2 amide bonds. The Morgan fingerprint density at radius 2 is 1.57 bits per heavy atom. The SMILES string of the molecule is CCCCCCCCCCCCOC(=O)CCSC1CC2CC1C1C(=O)N(c3cc(C)c(O)c(C(C)(C)C)c3)C(=O)C21. The Balaban J connectivity index is 1.19. The Hall–Kier alpha value is -2.02. The third-order valence-corrected chi connectivity index (χ3v) is 11.1. The lowest BCUT2D eigenvalue weighted by atomic mass is 9.81. The van der Waals surface area contributed by atoms with Crippen LogP contribution in [0.5, 0.6) is 5.75 Å². The molecule has 234 valence electrons. The molecular weight excluding hydrogens is 546 g/mol. The van der Waals surface area contributed by atoms with Crippen LogP contribution in [0.2, 0.25) is 0 Å². The Labute approximate surface area is 257 Å². The molecule has 5 unspecified atom stereocenters. The molecule has 2 saturated carbocycles. The quantitative estimate of drug-likeness (QED) is 0.117. The van der Waals surface area contributed by atoms with Gasteiger partial charge in [-0.05, 0) is 61.1 Å². The van der Waals surface area contributed by atoms with Crippen LogP contribution in [-0.2, 0) is 24.5 Å². The molecule has 1 heterocycles. The summed E-state index contributed by atoms with van der Waals surface area (Å²) < 4.78 is 5.48. The van der Waals surface area contributed by atoms with Gasteiger partial charge in [-0.3, -0.25) is 19.3 Å². The number of thioether (sulfide) groups is 1. The number of phenols is 1. The summed E-state index contributed by atoms with van der Waals surface area (Å²) in [5.74, 6) is 0.503. The molecule has 1 saturated heterocycles. The van der Waals surface area contributed by atoms with Gasteiger partial charge in [0.15, 0.2) is 0 Å². The van der Waals surface area contributed by atoms with Gasteiger partial charge in [0.2, 0.25) is 11.8 Å². The largest absolute Gasteiger partial charge is 0.507 e. The average Bonchev–Trinajstić information content (AvgIpc) is 3.59. The second-order valence-corrected chi connectivity index (χ2v) is 15.3. The monoisotopic (exact) mass is 599 g/mol. The zero-order chi connectivity index (χ0) is 30.4. The lowest BCUT2D eigenvalue weighted by Crippen LogP contribution is -2.34. The van der Waals surface area contributed by atoms with E-state index in [0.717, 1.165) is 31.2 Å². The van der Waals surface area contributed by atoms with Crippen molar-refractivity contribution in [1.82, 2.24) is 0 Å². The number of amides is 2. The van der Waals surface area contributed by atoms with Gasteiger partial charge >= 0.3 is 5.97 Å². The van der Waals surface area contributed by atoms with Gasteiger partial charge in [0.1, 0.15) is 5.75 Å². The van der Waals surface area contributed by atoms with Gasteiger partial charge in [0.25, 0.3) is 0 Å². The van der Waals surface area contributed by atoms with E-state index >= 15 is 0 Å². The molecule has 4 rings (SSSR count). The van der Waals surface area contributed by atoms with Gasteiger partial charge in [-0.1, -0.05) is 85.5 Å². The van der Waals surface area contributed by atoms with Gasteiger partial charge in [0, 0.05) is 16.6 Å². The standard InChI is InChI=1S/C35H53NO5S/c1-6-7-8-9-10-11-12-13-14-15-17-41-29(37)16-18-42-28-21-24-20-26(28)31-30(24)33(39)36(34(31)40)25-19-23(2)32(38)27(22-25)35(3,4)5/h19,22,24,26,28,30-31,38H,6-18,20-21H2,1-5H3. The summed E-state index contributed by atoms with van der Waals surface area (Å²) in [4.78, 5) is 41.0. The number of carbonyl (C=O) groups is 3. The van der Waals surface area contributed by atoms with Gasteiger partial charge in [-0.25, -0.2) is 0 Å². The molecular formula is C35H53NO5S. The van der Waals surface area contributed by atoms with Crippen molar-refractivity contribution in [2.75, 3.05) is 17.3 Å². The molecule has 1 aromatic carbocycles. The molecule has 2 aliphatic carbocycles. The second kappa shape index (κ2) is 14.6. The van der Waals surface area contributed by atoms with Crippen molar-refractivity contribution in [2.45, 2.75) is 129 Å². The number of rotatable bonds is 16. The van der Waals surface area contributed by atoms with Crippen molar-refractivity contribution in [3.8, 4) is 5.75 Å². The number of fused-ring (bicyclic) bond motifs is 5. The van der Waals surface area contributed by atoms with Crippen molar-refractivity contribution in [3.05, 3.63) is 23.3 Å². The topological polar surface area (TPSA) is 83.9 Å². The number of nitrogens with zero attached hydrogens (tertiary/aromatic N) is 1.